The third-order valence-electron chi connectivity index (χ3n) is 3.56. The first-order valence-corrected chi connectivity index (χ1v) is 7.31. The Morgan fingerprint density at radius 2 is 2.05 bits per heavy atom. The molecular formula is C16H23NO2. The lowest BCUT2D eigenvalue weighted by Gasteiger charge is -2.17. The first-order chi connectivity index (χ1) is 9.24. The second-order valence-corrected chi connectivity index (χ2v) is 5.17. The van der Waals surface area contributed by atoms with Gasteiger partial charge >= 0.3 is 0 Å². The predicted molar refractivity (Wildman–Crippen MR) is 76.7 cm³/mol. The molecule has 0 aliphatic carbocycles. The maximum atomic E-state index is 12.3. The Kier molecular flexibility index (Phi) is 4.83. The van der Waals surface area contributed by atoms with Gasteiger partial charge in [0, 0.05) is 18.0 Å². The Balaban J connectivity index is 2.02. The van der Waals surface area contributed by atoms with Crippen molar-refractivity contribution in [3.63, 3.8) is 0 Å². The molecule has 1 aromatic carbocycles. The van der Waals surface area contributed by atoms with Gasteiger partial charge < -0.3 is 10.1 Å². The van der Waals surface area contributed by atoms with E-state index >= 15 is 0 Å². The summed E-state index contributed by atoms with van der Waals surface area (Å²) in [5.74, 6) is 0.969. The number of hydrogen-bond donors (Lipinski definition) is 1. The van der Waals surface area contributed by atoms with Crippen molar-refractivity contribution < 1.29 is 9.53 Å². The quantitative estimate of drug-likeness (QED) is 0.853. The SMILES string of the molecule is CCCC(CCC)NC(=O)c1ccc2c(c1)CCO2. The van der Waals surface area contributed by atoms with Crippen molar-refractivity contribution in [1.29, 1.82) is 0 Å². The van der Waals surface area contributed by atoms with E-state index in [2.05, 4.69) is 19.2 Å². The number of benzene rings is 1. The van der Waals surface area contributed by atoms with Gasteiger partial charge in [-0.25, -0.2) is 0 Å². The summed E-state index contributed by atoms with van der Waals surface area (Å²) in [5, 5.41) is 3.15. The van der Waals surface area contributed by atoms with Crippen LogP contribution in [0.4, 0.5) is 0 Å². The van der Waals surface area contributed by atoms with E-state index in [1.807, 2.05) is 18.2 Å². The van der Waals surface area contributed by atoms with Crippen molar-refractivity contribution in [2.24, 2.45) is 0 Å². The highest BCUT2D eigenvalue weighted by Gasteiger charge is 2.16. The third-order valence-corrected chi connectivity index (χ3v) is 3.56. The molecule has 0 aromatic heterocycles. The minimum Gasteiger partial charge on any atom is -0.493 e. The maximum Gasteiger partial charge on any atom is 0.251 e. The van der Waals surface area contributed by atoms with Crippen molar-refractivity contribution in [3.05, 3.63) is 29.3 Å². The zero-order valence-corrected chi connectivity index (χ0v) is 11.9. The fourth-order valence-corrected chi connectivity index (χ4v) is 2.58. The number of carbonyl (C=O) groups is 1. The zero-order valence-electron chi connectivity index (χ0n) is 11.9. The van der Waals surface area contributed by atoms with Crippen LogP contribution in [0.3, 0.4) is 0 Å². The van der Waals surface area contributed by atoms with E-state index in [9.17, 15) is 4.79 Å². The number of amides is 1. The van der Waals surface area contributed by atoms with Crippen LogP contribution in [0.25, 0.3) is 0 Å². The predicted octanol–water partition coefficient (Wildman–Crippen LogP) is 3.32. The molecule has 3 heteroatoms. The summed E-state index contributed by atoms with van der Waals surface area (Å²) in [4.78, 5) is 12.3. The van der Waals surface area contributed by atoms with Gasteiger partial charge in [0.2, 0.25) is 0 Å². The molecule has 1 aromatic rings. The van der Waals surface area contributed by atoms with Gasteiger partial charge in [-0.1, -0.05) is 26.7 Å². The van der Waals surface area contributed by atoms with Crippen LogP contribution < -0.4 is 10.1 Å². The highest BCUT2D eigenvalue weighted by molar-refractivity contribution is 5.94. The highest BCUT2D eigenvalue weighted by atomic mass is 16.5. The molecule has 0 spiro atoms. The fourth-order valence-electron chi connectivity index (χ4n) is 2.58. The summed E-state index contributed by atoms with van der Waals surface area (Å²) in [6, 6.07) is 6.03. The summed E-state index contributed by atoms with van der Waals surface area (Å²) < 4.78 is 5.46. The lowest BCUT2D eigenvalue weighted by Crippen LogP contribution is -2.34. The van der Waals surface area contributed by atoms with Gasteiger partial charge in [-0.3, -0.25) is 4.79 Å². The lowest BCUT2D eigenvalue weighted by molar-refractivity contribution is 0.0932. The Hall–Kier alpha value is -1.51. The standard InChI is InChI=1S/C16H23NO2/c1-3-5-14(6-4-2)17-16(18)13-7-8-15-12(11-13)9-10-19-15/h7-8,11,14H,3-6,9-10H2,1-2H3,(H,17,18). The van der Waals surface area contributed by atoms with Crippen molar-refractivity contribution >= 4 is 5.91 Å². The van der Waals surface area contributed by atoms with Gasteiger partial charge in [0.05, 0.1) is 6.61 Å². The van der Waals surface area contributed by atoms with Crippen molar-refractivity contribution in [1.82, 2.24) is 5.32 Å². The van der Waals surface area contributed by atoms with E-state index in [0.717, 1.165) is 55.6 Å². The van der Waals surface area contributed by atoms with Crippen LogP contribution in [0.5, 0.6) is 5.75 Å². The summed E-state index contributed by atoms with van der Waals surface area (Å²) in [6.07, 6.45) is 5.21. The molecule has 0 fully saturated rings. The fraction of sp³-hybridized carbons (Fsp3) is 0.562. The van der Waals surface area contributed by atoms with E-state index in [1.165, 1.54) is 0 Å². The number of fused-ring (bicyclic) bond motifs is 1. The molecule has 0 radical (unpaired) electrons. The molecule has 0 bridgehead atoms. The monoisotopic (exact) mass is 261 g/mol. The van der Waals surface area contributed by atoms with Crippen molar-refractivity contribution in [2.45, 2.75) is 52.0 Å². The van der Waals surface area contributed by atoms with E-state index in [1.54, 1.807) is 0 Å². The molecule has 1 heterocycles. The van der Waals surface area contributed by atoms with Crippen molar-refractivity contribution in [3.8, 4) is 5.75 Å². The van der Waals surface area contributed by atoms with E-state index in [0.29, 0.717) is 6.04 Å². The van der Waals surface area contributed by atoms with Crippen molar-refractivity contribution in [2.75, 3.05) is 6.61 Å². The molecule has 1 N–H and O–H groups in total. The molecule has 1 aliphatic rings. The van der Waals surface area contributed by atoms with Gasteiger partial charge in [-0.05, 0) is 36.6 Å². The van der Waals surface area contributed by atoms with E-state index in [-0.39, 0.29) is 5.91 Å². The molecule has 3 nitrogen and oxygen atoms in total. The average Bonchev–Trinajstić information content (AvgIpc) is 2.86. The zero-order chi connectivity index (χ0) is 13.7. The second-order valence-electron chi connectivity index (χ2n) is 5.17. The number of ether oxygens (including phenoxy) is 1. The normalized spacial score (nSPS) is 13.2. The van der Waals surface area contributed by atoms with Gasteiger partial charge in [-0.15, -0.1) is 0 Å². The number of rotatable bonds is 6. The molecule has 0 saturated heterocycles. The molecule has 0 atom stereocenters. The summed E-state index contributed by atoms with van der Waals surface area (Å²) in [5.41, 5.74) is 1.90. The minimum absolute atomic E-state index is 0.0431. The smallest absolute Gasteiger partial charge is 0.251 e. The second kappa shape index (κ2) is 6.60. The van der Waals surface area contributed by atoms with Crippen LogP contribution >= 0.6 is 0 Å². The Morgan fingerprint density at radius 3 is 2.74 bits per heavy atom. The number of hydrogen-bond acceptors (Lipinski definition) is 2. The third kappa shape index (κ3) is 3.49. The van der Waals surface area contributed by atoms with E-state index in [4.69, 9.17) is 4.74 Å². The minimum atomic E-state index is 0.0431. The van der Waals surface area contributed by atoms with Crippen LogP contribution in [0, 0.1) is 0 Å². The number of carbonyl (C=O) groups excluding carboxylic acids is 1. The number of nitrogens with one attached hydrogen (secondary N) is 1. The van der Waals surface area contributed by atoms with Crippen LogP contribution in [-0.4, -0.2) is 18.6 Å². The molecule has 0 saturated carbocycles. The molecular weight excluding hydrogens is 238 g/mol. The van der Waals surface area contributed by atoms with Crippen LogP contribution in [0.15, 0.2) is 18.2 Å². The molecule has 19 heavy (non-hydrogen) atoms. The topological polar surface area (TPSA) is 38.3 Å². The summed E-state index contributed by atoms with van der Waals surface area (Å²) >= 11 is 0. The largest absolute Gasteiger partial charge is 0.493 e. The lowest BCUT2D eigenvalue weighted by atomic mass is 10.0. The molecule has 0 unspecified atom stereocenters. The highest BCUT2D eigenvalue weighted by Crippen LogP contribution is 2.25. The Labute approximate surface area is 115 Å². The van der Waals surface area contributed by atoms with Gasteiger partial charge in [0.1, 0.15) is 5.75 Å². The molecule has 1 amide bonds. The first kappa shape index (κ1) is 13.9. The molecule has 1 aliphatic heterocycles. The molecule has 104 valence electrons. The Bertz CT molecular complexity index is 436. The van der Waals surface area contributed by atoms with Crippen LogP contribution in [-0.2, 0) is 6.42 Å². The van der Waals surface area contributed by atoms with Gasteiger partial charge in [-0.2, -0.15) is 0 Å². The summed E-state index contributed by atoms with van der Waals surface area (Å²) in [6.45, 7) is 5.04. The first-order valence-electron chi connectivity index (χ1n) is 7.31. The summed E-state index contributed by atoms with van der Waals surface area (Å²) in [7, 11) is 0. The van der Waals surface area contributed by atoms with E-state index < -0.39 is 0 Å². The molecule has 2 rings (SSSR count). The van der Waals surface area contributed by atoms with Crippen LogP contribution in [0.2, 0.25) is 0 Å². The average molecular weight is 261 g/mol. The maximum absolute atomic E-state index is 12.3. The van der Waals surface area contributed by atoms with Gasteiger partial charge in [0.15, 0.2) is 0 Å². The van der Waals surface area contributed by atoms with Gasteiger partial charge in [0.25, 0.3) is 5.91 Å². The van der Waals surface area contributed by atoms with Crippen LogP contribution in [0.1, 0.15) is 55.5 Å². The Morgan fingerprint density at radius 1 is 1.32 bits per heavy atom.